The van der Waals surface area contributed by atoms with Crippen LogP contribution in [0.25, 0.3) is 0 Å². The molecule has 0 bridgehead atoms. The van der Waals surface area contributed by atoms with E-state index >= 15 is 0 Å². The van der Waals surface area contributed by atoms with Crippen molar-refractivity contribution in [2.45, 2.75) is 26.3 Å². The molecule has 0 saturated carbocycles. The monoisotopic (exact) mass is 387 g/mol. The Morgan fingerprint density at radius 3 is 2.19 bits per heavy atom. The molecule has 6 nitrogen and oxygen atoms in total. The fraction of sp³-hybridized carbons (Fsp3) is 0.250. The molecule has 0 radical (unpaired) electrons. The summed E-state index contributed by atoms with van der Waals surface area (Å²) in [6.07, 6.45) is 0.0386. The van der Waals surface area contributed by atoms with Crippen LogP contribution in [0.15, 0.2) is 48.5 Å². The summed E-state index contributed by atoms with van der Waals surface area (Å²) in [6.45, 7) is 3.20. The van der Waals surface area contributed by atoms with E-state index in [9.17, 15) is 14.4 Å². The highest BCUT2D eigenvalue weighted by atomic mass is 35.5. The maximum absolute atomic E-state index is 12.2. The maximum atomic E-state index is 12.2. The molecular formula is C20H22ClN3O3. The Labute approximate surface area is 163 Å². The molecule has 0 aliphatic carbocycles. The number of amides is 3. The Morgan fingerprint density at radius 1 is 0.963 bits per heavy atom. The van der Waals surface area contributed by atoms with Crippen molar-refractivity contribution in [2.75, 3.05) is 11.9 Å². The van der Waals surface area contributed by atoms with Gasteiger partial charge in [-0.3, -0.25) is 14.4 Å². The SMILES string of the molecule is CC(=O)NC(CC(=O)NCC(=O)Nc1ccc(Cl)cc1)c1ccc(C)cc1. The first kappa shape index (κ1) is 20.5. The van der Waals surface area contributed by atoms with Crippen LogP contribution in [0.5, 0.6) is 0 Å². The lowest BCUT2D eigenvalue weighted by Gasteiger charge is -2.18. The average Bonchev–Trinajstić information content (AvgIpc) is 2.62. The summed E-state index contributed by atoms with van der Waals surface area (Å²) in [7, 11) is 0. The zero-order chi connectivity index (χ0) is 19.8. The number of aryl methyl sites for hydroxylation is 1. The van der Waals surface area contributed by atoms with Crippen molar-refractivity contribution in [3.63, 3.8) is 0 Å². The predicted molar refractivity (Wildman–Crippen MR) is 105 cm³/mol. The van der Waals surface area contributed by atoms with Crippen LogP contribution >= 0.6 is 11.6 Å². The van der Waals surface area contributed by atoms with Gasteiger partial charge in [0.25, 0.3) is 0 Å². The molecule has 1 unspecified atom stereocenters. The summed E-state index contributed by atoms with van der Waals surface area (Å²) in [5, 5.41) is 8.57. The van der Waals surface area contributed by atoms with Crippen LogP contribution in [-0.2, 0) is 14.4 Å². The molecule has 27 heavy (non-hydrogen) atoms. The van der Waals surface area contributed by atoms with Gasteiger partial charge in [0.1, 0.15) is 0 Å². The zero-order valence-electron chi connectivity index (χ0n) is 15.2. The van der Waals surface area contributed by atoms with Gasteiger partial charge in [-0.25, -0.2) is 0 Å². The van der Waals surface area contributed by atoms with Crippen molar-refractivity contribution in [3.05, 3.63) is 64.7 Å². The molecule has 1 atom stereocenters. The van der Waals surface area contributed by atoms with E-state index in [1.165, 1.54) is 6.92 Å². The number of anilines is 1. The van der Waals surface area contributed by atoms with Crippen molar-refractivity contribution in [3.8, 4) is 0 Å². The summed E-state index contributed by atoms with van der Waals surface area (Å²) in [4.78, 5) is 35.6. The number of carbonyl (C=O) groups excluding carboxylic acids is 3. The lowest BCUT2D eigenvalue weighted by molar-refractivity contribution is -0.125. The first-order valence-corrected chi connectivity index (χ1v) is 8.87. The zero-order valence-corrected chi connectivity index (χ0v) is 16.0. The van der Waals surface area contributed by atoms with Gasteiger partial charge >= 0.3 is 0 Å². The molecule has 3 amide bonds. The Kier molecular flexibility index (Phi) is 7.37. The number of hydrogen-bond acceptors (Lipinski definition) is 3. The van der Waals surface area contributed by atoms with Gasteiger partial charge in [0.05, 0.1) is 19.0 Å². The normalized spacial score (nSPS) is 11.4. The van der Waals surface area contributed by atoms with E-state index in [1.54, 1.807) is 24.3 Å². The third-order valence-corrected chi connectivity index (χ3v) is 4.07. The molecule has 0 heterocycles. The van der Waals surface area contributed by atoms with Gasteiger partial charge in [0, 0.05) is 17.6 Å². The fourth-order valence-corrected chi connectivity index (χ4v) is 2.60. The highest BCUT2D eigenvalue weighted by molar-refractivity contribution is 6.30. The minimum absolute atomic E-state index is 0.0386. The molecule has 7 heteroatoms. The van der Waals surface area contributed by atoms with Gasteiger partial charge in [-0.2, -0.15) is 0 Å². The van der Waals surface area contributed by atoms with Crippen LogP contribution in [0.4, 0.5) is 5.69 Å². The molecule has 0 aromatic heterocycles. The summed E-state index contributed by atoms with van der Waals surface area (Å²) < 4.78 is 0. The second-order valence-corrected chi connectivity index (χ2v) is 6.64. The van der Waals surface area contributed by atoms with Crippen LogP contribution in [-0.4, -0.2) is 24.3 Å². The lowest BCUT2D eigenvalue weighted by Crippen LogP contribution is -2.36. The molecule has 142 valence electrons. The van der Waals surface area contributed by atoms with Crippen LogP contribution in [0.2, 0.25) is 5.02 Å². The molecule has 2 rings (SSSR count). The van der Waals surface area contributed by atoms with E-state index in [4.69, 9.17) is 11.6 Å². The Morgan fingerprint density at radius 2 is 1.59 bits per heavy atom. The second-order valence-electron chi connectivity index (χ2n) is 6.20. The lowest BCUT2D eigenvalue weighted by atomic mass is 10.0. The third kappa shape index (κ3) is 7.11. The Bertz CT molecular complexity index is 804. The van der Waals surface area contributed by atoms with Gasteiger partial charge in [-0.1, -0.05) is 41.4 Å². The molecule has 0 spiro atoms. The molecule has 0 aliphatic heterocycles. The Balaban J connectivity index is 1.89. The van der Waals surface area contributed by atoms with E-state index in [0.717, 1.165) is 11.1 Å². The molecule has 2 aromatic carbocycles. The predicted octanol–water partition coefficient (Wildman–Crippen LogP) is 2.97. The van der Waals surface area contributed by atoms with Crippen molar-refractivity contribution in [1.82, 2.24) is 10.6 Å². The van der Waals surface area contributed by atoms with E-state index in [0.29, 0.717) is 10.7 Å². The van der Waals surface area contributed by atoms with Crippen LogP contribution in [0, 0.1) is 6.92 Å². The maximum Gasteiger partial charge on any atom is 0.243 e. The quantitative estimate of drug-likeness (QED) is 0.682. The highest BCUT2D eigenvalue weighted by Crippen LogP contribution is 2.17. The highest BCUT2D eigenvalue weighted by Gasteiger charge is 2.17. The van der Waals surface area contributed by atoms with Gasteiger partial charge in [-0.05, 0) is 36.8 Å². The average molecular weight is 388 g/mol. The second kappa shape index (κ2) is 9.73. The van der Waals surface area contributed by atoms with Gasteiger partial charge in [0.2, 0.25) is 17.7 Å². The summed E-state index contributed by atoms with van der Waals surface area (Å²) in [5.41, 5.74) is 2.51. The molecular weight excluding hydrogens is 366 g/mol. The minimum Gasteiger partial charge on any atom is -0.349 e. The number of hydrogen-bond donors (Lipinski definition) is 3. The first-order valence-electron chi connectivity index (χ1n) is 8.49. The number of benzene rings is 2. The van der Waals surface area contributed by atoms with Crippen LogP contribution in [0.3, 0.4) is 0 Å². The van der Waals surface area contributed by atoms with Gasteiger partial charge in [-0.15, -0.1) is 0 Å². The standard InChI is InChI=1S/C20H22ClN3O3/c1-13-3-5-15(6-4-13)18(23-14(2)25)11-19(26)22-12-20(27)24-17-9-7-16(21)8-10-17/h3-10,18H,11-12H2,1-2H3,(H,22,26)(H,23,25)(H,24,27). The molecule has 0 fully saturated rings. The van der Waals surface area contributed by atoms with E-state index in [-0.39, 0.29) is 30.7 Å². The third-order valence-electron chi connectivity index (χ3n) is 3.82. The van der Waals surface area contributed by atoms with Crippen LogP contribution in [0.1, 0.15) is 30.5 Å². The first-order chi connectivity index (χ1) is 12.8. The molecule has 0 saturated heterocycles. The minimum atomic E-state index is -0.456. The van der Waals surface area contributed by atoms with Gasteiger partial charge in [0.15, 0.2) is 0 Å². The van der Waals surface area contributed by atoms with Crippen molar-refractivity contribution < 1.29 is 14.4 Å². The Hall–Kier alpha value is -2.86. The van der Waals surface area contributed by atoms with E-state index < -0.39 is 6.04 Å². The largest absolute Gasteiger partial charge is 0.349 e. The fourth-order valence-electron chi connectivity index (χ4n) is 2.47. The van der Waals surface area contributed by atoms with E-state index in [1.807, 2.05) is 31.2 Å². The van der Waals surface area contributed by atoms with Crippen LogP contribution < -0.4 is 16.0 Å². The topological polar surface area (TPSA) is 87.3 Å². The number of halogens is 1. The number of carbonyl (C=O) groups is 3. The van der Waals surface area contributed by atoms with Gasteiger partial charge < -0.3 is 16.0 Å². The molecule has 2 aromatic rings. The smallest absolute Gasteiger partial charge is 0.243 e. The summed E-state index contributed by atoms with van der Waals surface area (Å²) >= 11 is 5.79. The van der Waals surface area contributed by atoms with E-state index in [2.05, 4.69) is 16.0 Å². The summed E-state index contributed by atoms with van der Waals surface area (Å²) in [5.74, 6) is -0.911. The number of rotatable bonds is 7. The molecule has 0 aliphatic rings. The molecule has 3 N–H and O–H groups in total. The number of nitrogens with one attached hydrogen (secondary N) is 3. The van der Waals surface area contributed by atoms with Crippen molar-refractivity contribution >= 4 is 35.0 Å². The van der Waals surface area contributed by atoms with Crippen molar-refractivity contribution in [1.29, 1.82) is 0 Å². The summed E-state index contributed by atoms with van der Waals surface area (Å²) in [6, 6.07) is 13.8. The van der Waals surface area contributed by atoms with Crippen molar-refractivity contribution in [2.24, 2.45) is 0 Å².